The van der Waals surface area contributed by atoms with Gasteiger partial charge in [-0.15, -0.1) is 0 Å². The highest BCUT2D eigenvalue weighted by Gasteiger charge is 2.16. The van der Waals surface area contributed by atoms with E-state index in [1.54, 1.807) is 42.5 Å². The fourth-order valence-corrected chi connectivity index (χ4v) is 2.96. The van der Waals surface area contributed by atoms with Crippen LogP contribution in [-0.4, -0.2) is 33.1 Å². The fourth-order valence-electron chi connectivity index (χ4n) is 2.96. The highest BCUT2D eigenvalue weighted by molar-refractivity contribution is 5.89. The van der Waals surface area contributed by atoms with E-state index in [2.05, 4.69) is 15.0 Å². The third-order valence-corrected chi connectivity index (χ3v) is 4.54. The highest BCUT2D eigenvalue weighted by atomic mass is 16.5. The number of esters is 1. The predicted octanol–water partition coefficient (Wildman–Crippen LogP) is 3.95. The number of anilines is 1. The molecule has 0 unspecified atom stereocenters. The summed E-state index contributed by atoms with van der Waals surface area (Å²) in [6.45, 7) is 0. The standard InChI is InChI=1S/C23H18N4O3/c1-30-23(29)16-12-10-15(11-13-16)21-25-20(14-6-3-2-4-7-14)26-22(27-21)17-8-5-9-18(24)19(17)28/h2-13,28H,24H2,1H3. The number of rotatable bonds is 4. The van der Waals surface area contributed by atoms with Crippen LogP contribution in [0.1, 0.15) is 10.4 Å². The second kappa shape index (κ2) is 8.00. The number of aromatic hydroxyl groups is 1. The Balaban J connectivity index is 1.88. The van der Waals surface area contributed by atoms with Crippen LogP contribution in [-0.2, 0) is 4.74 Å². The molecule has 4 rings (SSSR count). The number of carbonyl (C=O) groups is 1. The largest absolute Gasteiger partial charge is 0.505 e. The molecule has 7 nitrogen and oxygen atoms in total. The van der Waals surface area contributed by atoms with E-state index >= 15 is 0 Å². The van der Waals surface area contributed by atoms with Gasteiger partial charge in [0.25, 0.3) is 0 Å². The molecular formula is C23H18N4O3. The first-order valence-corrected chi connectivity index (χ1v) is 9.15. The van der Waals surface area contributed by atoms with Gasteiger partial charge in [0, 0.05) is 11.1 Å². The molecule has 0 fully saturated rings. The Hall–Kier alpha value is -4.26. The summed E-state index contributed by atoms with van der Waals surface area (Å²) in [5.74, 6) is 0.634. The average molecular weight is 398 g/mol. The number of ether oxygens (including phenoxy) is 1. The van der Waals surface area contributed by atoms with Gasteiger partial charge in [-0.1, -0.05) is 48.5 Å². The SMILES string of the molecule is COC(=O)c1ccc(-c2nc(-c3ccccc3)nc(-c3cccc(N)c3O)n2)cc1. The molecule has 0 radical (unpaired) electrons. The van der Waals surface area contributed by atoms with E-state index in [4.69, 9.17) is 10.5 Å². The number of carbonyl (C=O) groups excluding carboxylic acids is 1. The molecule has 0 amide bonds. The minimum Gasteiger partial charge on any atom is -0.505 e. The van der Waals surface area contributed by atoms with Gasteiger partial charge in [-0.3, -0.25) is 0 Å². The van der Waals surface area contributed by atoms with Crippen LogP contribution in [0.4, 0.5) is 5.69 Å². The predicted molar refractivity (Wildman–Crippen MR) is 114 cm³/mol. The Kier molecular flexibility index (Phi) is 5.09. The minimum atomic E-state index is -0.424. The number of phenols is 1. The third kappa shape index (κ3) is 3.68. The van der Waals surface area contributed by atoms with Gasteiger partial charge in [-0.2, -0.15) is 0 Å². The summed E-state index contributed by atoms with van der Waals surface area (Å²) in [6, 6.07) is 21.2. The maximum atomic E-state index is 11.7. The van der Waals surface area contributed by atoms with Crippen molar-refractivity contribution in [3.63, 3.8) is 0 Å². The van der Waals surface area contributed by atoms with Gasteiger partial charge in [0.1, 0.15) is 5.75 Å². The first kappa shape index (κ1) is 19.1. The molecule has 0 spiro atoms. The fraction of sp³-hybridized carbons (Fsp3) is 0.0435. The van der Waals surface area contributed by atoms with Crippen molar-refractivity contribution in [1.29, 1.82) is 0 Å². The smallest absolute Gasteiger partial charge is 0.337 e. The van der Waals surface area contributed by atoms with Crippen LogP contribution in [0.2, 0.25) is 0 Å². The molecule has 1 aromatic heterocycles. The lowest BCUT2D eigenvalue weighted by Crippen LogP contribution is -2.02. The number of hydrogen-bond donors (Lipinski definition) is 2. The first-order chi connectivity index (χ1) is 14.6. The normalized spacial score (nSPS) is 10.6. The van der Waals surface area contributed by atoms with Gasteiger partial charge in [0.2, 0.25) is 0 Å². The lowest BCUT2D eigenvalue weighted by Gasteiger charge is -2.10. The van der Waals surface area contributed by atoms with Gasteiger partial charge < -0.3 is 15.6 Å². The average Bonchev–Trinajstić information content (AvgIpc) is 2.80. The lowest BCUT2D eigenvalue weighted by molar-refractivity contribution is 0.0600. The summed E-state index contributed by atoms with van der Waals surface area (Å²) >= 11 is 0. The van der Waals surface area contributed by atoms with E-state index in [9.17, 15) is 9.90 Å². The van der Waals surface area contributed by atoms with Crippen molar-refractivity contribution in [3.05, 3.63) is 78.4 Å². The summed E-state index contributed by atoms with van der Waals surface area (Å²) in [5, 5.41) is 10.4. The third-order valence-electron chi connectivity index (χ3n) is 4.54. The number of phenolic OH excluding ortho intramolecular Hbond substituents is 1. The molecule has 0 aliphatic rings. The van der Waals surface area contributed by atoms with E-state index in [0.29, 0.717) is 34.2 Å². The van der Waals surface area contributed by atoms with Crippen molar-refractivity contribution in [2.24, 2.45) is 0 Å². The van der Waals surface area contributed by atoms with Gasteiger partial charge in [0.15, 0.2) is 17.5 Å². The Morgan fingerprint density at radius 2 is 1.40 bits per heavy atom. The van der Waals surface area contributed by atoms with Crippen LogP contribution in [0.25, 0.3) is 34.2 Å². The minimum absolute atomic E-state index is 0.0882. The van der Waals surface area contributed by atoms with E-state index in [1.807, 2.05) is 30.3 Å². The van der Waals surface area contributed by atoms with Gasteiger partial charge in [-0.25, -0.2) is 19.7 Å². The molecule has 0 bridgehead atoms. The number of nitrogens with two attached hydrogens (primary N) is 1. The summed E-state index contributed by atoms with van der Waals surface area (Å²) in [5.41, 5.74) is 8.40. The first-order valence-electron chi connectivity index (χ1n) is 9.15. The van der Waals surface area contributed by atoms with Gasteiger partial charge in [-0.05, 0) is 24.3 Å². The highest BCUT2D eigenvalue weighted by Crippen LogP contribution is 2.33. The number of aromatic nitrogens is 3. The Morgan fingerprint density at radius 3 is 2.03 bits per heavy atom. The Labute approximate surface area is 172 Å². The van der Waals surface area contributed by atoms with E-state index in [1.165, 1.54) is 7.11 Å². The summed E-state index contributed by atoms with van der Waals surface area (Å²) in [7, 11) is 1.33. The molecule has 0 saturated carbocycles. The zero-order valence-corrected chi connectivity index (χ0v) is 16.1. The molecular weight excluding hydrogens is 380 g/mol. The number of methoxy groups -OCH3 is 1. The zero-order valence-electron chi connectivity index (χ0n) is 16.1. The second-order valence-corrected chi connectivity index (χ2v) is 6.48. The summed E-state index contributed by atoms with van der Waals surface area (Å²) < 4.78 is 4.74. The maximum absolute atomic E-state index is 11.7. The van der Waals surface area contributed by atoms with Crippen molar-refractivity contribution in [1.82, 2.24) is 15.0 Å². The molecule has 0 saturated heterocycles. The maximum Gasteiger partial charge on any atom is 0.337 e. The molecule has 0 atom stereocenters. The number of nitrogen functional groups attached to an aromatic ring is 1. The van der Waals surface area contributed by atoms with E-state index < -0.39 is 5.97 Å². The zero-order chi connectivity index (χ0) is 21.1. The van der Waals surface area contributed by atoms with Crippen molar-refractivity contribution in [3.8, 4) is 39.9 Å². The van der Waals surface area contributed by atoms with Crippen molar-refractivity contribution >= 4 is 11.7 Å². The number of hydrogen-bond acceptors (Lipinski definition) is 7. The Bertz CT molecular complexity index is 1210. The molecule has 0 aliphatic heterocycles. The summed E-state index contributed by atoms with van der Waals surface area (Å²) in [6.07, 6.45) is 0. The van der Waals surface area contributed by atoms with Crippen LogP contribution in [0.3, 0.4) is 0 Å². The van der Waals surface area contributed by atoms with Gasteiger partial charge in [0.05, 0.1) is 23.9 Å². The van der Waals surface area contributed by atoms with Crippen LogP contribution in [0.15, 0.2) is 72.8 Å². The van der Waals surface area contributed by atoms with Crippen molar-refractivity contribution < 1.29 is 14.6 Å². The Morgan fingerprint density at radius 1 is 0.800 bits per heavy atom. The van der Waals surface area contributed by atoms with Crippen LogP contribution in [0.5, 0.6) is 5.75 Å². The summed E-state index contributed by atoms with van der Waals surface area (Å²) in [4.78, 5) is 25.4. The van der Waals surface area contributed by atoms with E-state index in [0.717, 1.165) is 5.56 Å². The van der Waals surface area contributed by atoms with Crippen LogP contribution < -0.4 is 5.73 Å². The topological polar surface area (TPSA) is 111 Å². The number of benzene rings is 3. The molecule has 30 heavy (non-hydrogen) atoms. The van der Waals surface area contributed by atoms with Crippen LogP contribution in [0, 0.1) is 0 Å². The monoisotopic (exact) mass is 398 g/mol. The number of para-hydroxylation sites is 1. The lowest BCUT2D eigenvalue weighted by atomic mass is 10.1. The second-order valence-electron chi connectivity index (χ2n) is 6.48. The molecule has 3 N–H and O–H groups in total. The van der Waals surface area contributed by atoms with Gasteiger partial charge >= 0.3 is 5.97 Å². The quantitative estimate of drug-likeness (QED) is 0.304. The molecule has 0 aliphatic carbocycles. The molecule has 1 heterocycles. The number of nitrogens with zero attached hydrogens (tertiary/aromatic N) is 3. The molecule has 3 aromatic carbocycles. The van der Waals surface area contributed by atoms with Crippen LogP contribution >= 0.6 is 0 Å². The molecule has 7 heteroatoms. The van der Waals surface area contributed by atoms with Crippen molar-refractivity contribution in [2.75, 3.05) is 12.8 Å². The molecule has 148 valence electrons. The van der Waals surface area contributed by atoms with E-state index in [-0.39, 0.29) is 11.4 Å². The van der Waals surface area contributed by atoms with Crippen molar-refractivity contribution in [2.45, 2.75) is 0 Å². The molecule has 4 aromatic rings.